The fourth-order valence-electron chi connectivity index (χ4n) is 4.56. The van der Waals surface area contributed by atoms with E-state index < -0.39 is 10.0 Å². The molecule has 4 rings (SSSR count). The zero-order valence-corrected chi connectivity index (χ0v) is 18.7. The van der Waals surface area contributed by atoms with Crippen LogP contribution in [0, 0.1) is 0 Å². The zero-order valence-electron chi connectivity index (χ0n) is 17.9. The van der Waals surface area contributed by atoms with E-state index in [1.54, 1.807) is 23.1 Å². The predicted molar refractivity (Wildman–Crippen MR) is 116 cm³/mol. The van der Waals surface area contributed by atoms with Crippen LogP contribution < -0.4 is 4.90 Å². The van der Waals surface area contributed by atoms with Crippen LogP contribution >= 0.6 is 0 Å². The van der Waals surface area contributed by atoms with E-state index in [-0.39, 0.29) is 29.6 Å². The molecule has 3 heterocycles. The zero-order chi connectivity index (χ0) is 21.8. The van der Waals surface area contributed by atoms with E-state index in [0.717, 1.165) is 50.0 Å². The quantitative estimate of drug-likeness (QED) is 0.684. The highest BCUT2D eigenvalue weighted by Crippen LogP contribution is 2.32. The van der Waals surface area contributed by atoms with E-state index >= 15 is 0 Å². The predicted octanol–water partition coefficient (Wildman–Crippen LogP) is 1.78. The normalized spacial score (nSPS) is 20.4. The molecule has 2 fully saturated rings. The lowest BCUT2D eigenvalue weighted by Crippen LogP contribution is -2.40. The maximum Gasteiger partial charge on any atom is 0.243 e. The van der Waals surface area contributed by atoms with Crippen molar-refractivity contribution in [2.24, 2.45) is 0 Å². The average molecular weight is 450 g/mol. The minimum absolute atomic E-state index is 0.0571. The van der Waals surface area contributed by atoms with Gasteiger partial charge in [0.25, 0.3) is 0 Å². The molecule has 0 aromatic heterocycles. The smallest absolute Gasteiger partial charge is 0.243 e. The summed E-state index contributed by atoms with van der Waals surface area (Å²) in [5.41, 5.74) is 1.62. The Morgan fingerprint density at radius 1 is 0.871 bits per heavy atom. The Bertz CT molecular complexity index is 919. The van der Waals surface area contributed by atoms with Crippen LogP contribution in [0.25, 0.3) is 0 Å². The van der Waals surface area contributed by atoms with Crippen LogP contribution in [0.15, 0.2) is 23.1 Å². The van der Waals surface area contributed by atoms with Crippen molar-refractivity contribution in [1.82, 2.24) is 9.21 Å². The summed E-state index contributed by atoms with van der Waals surface area (Å²) in [7, 11) is -3.56. The van der Waals surface area contributed by atoms with E-state index in [0.29, 0.717) is 39.3 Å². The topological polar surface area (TPSA) is 87.2 Å². The van der Waals surface area contributed by atoms with Crippen molar-refractivity contribution in [2.45, 2.75) is 49.8 Å². The number of sulfonamides is 1. The summed E-state index contributed by atoms with van der Waals surface area (Å²) in [5, 5.41) is 0. The van der Waals surface area contributed by atoms with Crippen LogP contribution in [-0.2, 0) is 30.8 Å². The van der Waals surface area contributed by atoms with Gasteiger partial charge >= 0.3 is 0 Å². The lowest BCUT2D eigenvalue weighted by atomic mass is 10.2. The molecule has 9 heteroatoms. The first-order valence-corrected chi connectivity index (χ1v) is 12.7. The molecule has 2 saturated heterocycles. The third-order valence-electron chi connectivity index (χ3n) is 6.37. The van der Waals surface area contributed by atoms with Crippen LogP contribution in [0.4, 0.5) is 5.69 Å². The van der Waals surface area contributed by atoms with Gasteiger partial charge < -0.3 is 14.5 Å². The molecule has 0 unspecified atom stereocenters. The first kappa shape index (κ1) is 22.2. The molecule has 3 aliphatic heterocycles. The number of fused-ring (bicyclic) bond motifs is 1. The number of carbonyl (C=O) groups excluding carboxylic acids is 2. The van der Waals surface area contributed by atoms with Crippen LogP contribution in [0.5, 0.6) is 0 Å². The number of amides is 2. The SMILES string of the molecule is O=C(CCC(=O)N1CCc2cc(S(=O)(=O)N3CCOCC3)ccc21)N1CCCCCC1. The number of hydrogen-bond acceptors (Lipinski definition) is 5. The Hall–Kier alpha value is -1.97. The van der Waals surface area contributed by atoms with Crippen LogP contribution in [-0.4, -0.2) is 75.4 Å². The van der Waals surface area contributed by atoms with E-state index in [9.17, 15) is 18.0 Å². The minimum atomic E-state index is -3.56. The van der Waals surface area contributed by atoms with Crippen LogP contribution in [0.3, 0.4) is 0 Å². The van der Waals surface area contributed by atoms with Gasteiger partial charge in [-0.1, -0.05) is 12.8 Å². The number of carbonyl (C=O) groups is 2. The summed E-state index contributed by atoms with van der Waals surface area (Å²) < 4.78 is 32.5. The number of nitrogens with zero attached hydrogens (tertiary/aromatic N) is 3. The molecule has 0 atom stereocenters. The Morgan fingerprint density at radius 2 is 1.55 bits per heavy atom. The first-order valence-electron chi connectivity index (χ1n) is 11.3. The van der Waals surface area contributed by atoms with Crippen LogP contribution in [0.1, 0.15) is 44.1 Å². The third-order valence-corrected chi connectivity index (χ3v) is 8.26. The fourth-order valence-corrected chi connectivity index (χ4v) is 6.02. The summed E-state index contributed by atoms with van der Waals surface area (Å²) in [6.07, 6.45) is 5.43. The fraction of sp³-hybridized carbons (Fsp3) is 0.636. The van der Waals surface area contributed by atoms with Gasteiger partial charge in [-0.05, 0) is 43.0 Å². The van der Waals surface area contributed by atoms with Gasteiger partial charge in [0, 0.05) is 51.3 Å². The Labute approximate surface area is 184 Å². The highest BCUT2D eigenvalue weighted by molar-refractivity contribution is 7.89. The van der Waals surface area contributed by atoms with Gasteiger partial charge in [0.05, 0.1) is 18.1 Å². The number of anilines is 1. The molecule has 8 nitrogen and oxygen atoms in total. The van der Waals surface area contributed by atoms with Crippen LogP contribution in [0.2, 0.25) is 0 Å². The molecule has 0 radical (unpaired) electrons. The summed E-state index contributed by atoms with van der Waals surface area (Å²) in [6, 6.07) is 5.00. The lowest BCUT2D eigenvalue weighted by Gasteiger charge is -2.26. The molecule has 0 bridgehead atoms. The number of ether oxygens (including phenoxy) is 1. The van der Waals surface area contributed by atoms with Crippen molar-refractivity contribution in [2.75, 3.05) is 50.8 Å². The maximum atomic E-state index is 12.9. The molecular weight excluding hydrogens is 418 g/mol. The summed E-state index contributed by atoms with van der Waals surface area (Å²) in [5.74, 6) is -0.0210. The minimum Gasteiger partial charge on any atom is -0.379 e. The Morgan fingerprint density at radius 3 is 2.26 bits per heavy atom. The van der Waals surface area contributed by atoms with Gasteiger partial charge in [-0.15, -0.1) is 0 Å². The lowest BCUT2D eigenvalue weighted by molar-refractivity contribution is -0.133. The monoisotopic (exact) mass is 449 g/mol. The second-order valence-electron chi connectivity index (χ2n) is 8.40. The molecule has 170 valence electrons. The van der Waals surface area contributed by atoms with Gasteiger partial charge in [0.15, 0.2) is 0 Å². The number of benzene rings is 1. The van der Waals surface area contributed by atoms with Gasteiger partial charge in [-0.25, -0.2) is 8.42 Å². The highest BCUT2D eigenvalue weighted by atomic mass is 32.2. The number of morpholine rings is 1. The largest absolute Gasteiger partial charge is 0.379 e. The molecule has 1 aromatic carbocycles. The summed E-state index contributed by atoms with van der Waals surface area (Å²) >= 11 is 0. The Kier molecular flexibility index (Phi) is 6.93. The highest BCUT2D eigenvalue weighted by Gasteiger charge is 2.30. The second-order valence-corrected chi connectivity index (χ2v) is 10.3. The van der Waals surface area contributed by atoms with Gasteiger partial charge in [0.2, 0.25) is 21.8 Å². The van der Waals surface area contributed by atoms with Gasteiger partial charge in [-0.2, -0.15) is 4.31 Å². The number of rotatable bonds is 5. The second kappa shape index (κ2) is 9.67. The number of likely N-dealkylation sites (tertiary alicyclic amines) is 1. The molecule has 2 amide bonds. The molecule has 1 aromatic rings. The van der Waals surface area contributed by atoms with Crippen molar-refractivity contribution in [1.29, 1.82) is 0 Å². The first-order chi connectivity index (χ1) is 15.0. The van der Waals surface area contributed by atoms with E-state index in [1.807, 2.05) is 4.90 Å². The van der Waals surface area contributed by atoms with E-state index in [2.05, 4.69) is 0 Å². The van der Waals surface area contributed by atoms with Gasteiger partial charge in [-0.3, -0.25) is 9.59 Å². The average Bonchev–Trinajstić information content (AvgIpc) is 3.02. The summed E-state index contributed by atoms with van der Waals surface area (Å²) in [4.78, 5) is 29.1. The van der Waals surface area contributed by atoms with Crippen molar-refractivity contribution < 1.29 is 22.7 Å². The van der Waals surface area contributed by atoms with Crippen molar-refractivity contribution >= 4 is 27.5 Å². The molecule has 0 spiro atoms. The molecule has 31 heavy (non-hydrogen) atoms. The van der Waals surface area contributed by atoms with E-state index in [1.165, 1.54) is 4.31 Å². The standard InChI is InChI=1S/C22H31N3O5S/c26-21(23-10-3-1-2-4-11-23)7-8-22(27)25-12-9-18-17-19(5-6-20(18)25)31(28,29)24-13-15-30-16-14-24/h5-6,17H,1-4,7-16H2. The Balaban J connectivity index is 1.39. The van der Waals surface area contributed by atoms with Crippen molar-refractivity contribution in [3.8, 4) is 0 Å². The molecule has 3 aliphatic rings. The number of hydrogen-bond donors (Lipinski definition) is 0. The third kappa shape index (κ3) is 4.94. The molecule has 0 aliphatic carbocycles. The van der Waals surface area contributed by atoms with Crippen molar-refractivity contribution in [3.05, 3.63) is 23.8 Å². The van der Waals surface area contributed by atoms with Gasteiger partial charge in [0.1, 0.15) is 0 Å². The molecule has 0 saturated carbocycles. The van der Waals surface area contributed by atoms with Crippen molar-refractivity contribution in [3.63, 3.8) is 0 Å². The molecular formula is C22H31N3O5S. The maximum absolute atomic E-state index is 12.9. The molecule has 0 N–H and O–H groups in total. The van der Waals surface area contributed by atoms with E-state index in [4.69, 9.17) is 4.74 Å². The summed E-state index contributed by atoms with van der Waals surface area (Å²) in [6.45, 7) is 3.63.